The van der Waals surface area contributed by atoms with Crippen LogP contribution < -0.4 is 15.8 Å². The van der Waals surface area contributed by atoms with Crippen molar-refractivity contribution in [1.82, 2.24) is 4.31 Å². The maximum Gasteiger partial charge on any atom is 0.262 e. The van der Waals surface area contributed by atoms with Crippen LogP contribution in [-0.2, 0) is 14.8 Å². The molecule has 0 heterocycles. The molecule has 2 aromatic rings. The molecule has 0 bridgehead atoms. The molecule has 0 saturated carbocycles. The Labute approximate surface area is 164 Å². The van der Waals surface area contributed by atoms with Crippen LogP contribution in [0.2, 0.25) is 0 Å². The standard InChI is InChI=1S/C19H23N3O5S/c1-3-22(4-2)28(25,26)15-11-9-14(10-12-15)21-18(23)13-27-17-8-6-5-7-16(17)19(20)24/h5-12H,3-4,13H2,1-2H3,(H2,20,24)(H,21,23). The molecule has 2 aromatic carbocycles. The Hall–Kier alpha value is -2.91. The Balaban J connectivity index is 2.01. The highest BCUT2D eigenvalue weighted by molar-refractivity contribution is 7.89. The third kappa shape index (κ3) is 5.08. The number of amides is 2. The number of hydrogen-bond donors (Lipinski definition) is 2. The summed E-state index contributed by atoms with van der Waals surface area (Å²) in [5.74, 6) is -0.898. The summed E-state index contributed by atoms with van der Waals surface area (Å²) in [5.41, 5.74) is 5.87. The van der Waals surface area contributed by atoms with Crippen LogP contribution in [0.3, 0.4) is 0 Å². The molecule has 2 rings (SSSR count). The SMILES string of the molecule is CCN(CC)S(=O)(=O)c1ccc(NC(=O)COc2ccccc2C(N)=O)cc1. The van der Waals surface area contributed by atoms with E-state index in [1.54, 1.807) is 32.0 Å². The molecular weight excluding hydrogens is 382 g/mol. The molecule has 9 heteroatoms. The molecule has 0 atom stereocenters. The Kier molecular flexibility index (Phi) is 7.13. The maximum absolute atomic E-state index is 12.5. The number of nitrogens with zero attached hydrogens (tertiary/aromatic N) is 1. The number of nitrogens with two attached hydrogens (primary N) is 1. The highest BCUT2D eigenvalue weighted by Gasteiger charge is 2.21. The minimum atomic E-state index is -3.55. The number of anilines is 1. The number of carbonyl (C=O) groups excluding carboxylic acids is 2. The average Bonchev–Trinajstić information content (AvgIpc) is 2.67. The van der Waals surface area contributed by atoms with Gasteiger partial charge in [0.1, 0.15) is 5.75 Å². The molecule has 0 aliphatic carbocycles. The monoisotopic (exact) mass is 405 g/mol. The van der Waals surface area contributed by atoms with Gasteiger partial charge in [0.25, 0.3) is 11.8 Å². The van der Waals surface area contributed by atoms with Gasteiger partial charge in [0.05, 0.1) is 10.5 Å². The first kappa shape index (κ1) is 21.4. The molecule has 0 radical (unpaired) electrons. The van der Waals surface area contributed by atoms with Crippen LogP contribution in [0, 0.1) is 0 Å². The smallest absolute Gasteiger partial charge is 0.262 e. The Morgan fingerprint density at radius 1 is 1.04 bits per heavy atom. The van der Waals surface area contributed by atoms with Crippen molar-refractivity contribution in [1.29, 1.82) is 0 Å². The predicted octanol–water partition coefficient (Wildman–Crippen LogP) is 1.83. The summed E-state index contributed by atoms with van der Waals surface area (Å²) >= 11 is 0. The van der Waals surface area contributed by atoms with Crippen LogP contribution in [-0.4, -0.2) is 44.2 Å². The second kappa shape index (κ2) is 9.34. The number of ether oxygens (including phenoxy) is 1. The molecule has 28 heavy (non-hydrogen) atoms. The van der Waals surface area contributed by atoms with Gasteiger partial charge in [-0.25, -0.2) is 8.42 Å². The van der Waals surface area contributed by atoms with Gasteiger partial charge in [0.15, 0.2) is 6.61 Å². The van der Waals surface area contributed by atoms with Crippen LogP contribution >= 0.6 is 0 Å². The van der Waals surface area contributed by atoms with Gasteiger partial charge in [0, 0.05) is 18.8 Å². The summed E-state index contributed by atoms with van der Waals surface area (Å²) in [5, 5.41) is 2.61. The van der Waals surface area contributed by atoms with E-state index in [0.717, 1.165) is 0 Å². The first-order valence-electron chi connectivity index (χ1n) is 8.71. The number of benzene rings is 2. The van der Waals surface area contributed by atoms with Crippen molar-refractivity contribution in [2.45, 2.75) is 18.7 Å². The van der Waals surface area contributed by atoms with E-state index in [9.17, 15) is 18.0 Å². The lowest BCUT2D eigenvalue weighted by molar-refractivity contribution is -0.118. The van der Waals surface area contributed by atoms with Gasteiger partial charge >= 0.3 is 0 Å². The quantitative estimate of drug-likeness (QED) is 0.660. The van der Waals surface area contributed by atoms with Crippen molar-refractivity contribution in [3.05, 3.63) is 54.1 Å². The second-order valence-electron chi connectivity index (χ2n) is 5.81. The molecule has 0 fully saturated rings. The molecule has 0 unspecified atom stereocenters. The zero-order valence-corrected chi connectivity index (χ0v) is 16.5. The van der Waals surface area contributed by atoms with Gasteiger partial charge in [-0.3, -0.25) is 9.59 Å². The van der Waals surface area contributed by atoms with Crippen LogP contribution in [0.25, 0.3) is 0 Å². The van der Waals surface area contributed by atoms with Crippen molar-refractivity contribution in [3.63, 3.8) is 0 Å². The number of rotatable bonds is 9. The van der Waals surface area contributed by atoms with Crippen LogP contribution in [0.4, 0.5) is 5.69 Å². The molecular formula is C19H23N3O5S. The van der Waals surface area contributed by atoms with Crippen molar-refractivity contribution >= 4 is 27.5 Å². The molecule has 0 spiro atoms. The minimum absolute atomic E-state index is 0.154. The molecule has 0 aliphatic heterocycles. The zero-order chi connectivity index (χ0) is 20.7. The third-order valence-corrected chi connectivity index (χ3v) is 6.06. The summed E-state index contributed by atoms with van der Waals surface area (Å²) in [7, 11) is -3.55. The second-order valence-corrected chi connectivity index (χ2v) is 7.75. The van der Waals surface area contributed by atoms with E-state index in [0.29, 0.717) is 18.8 Å². The Bertz CT molecular complexity index is 938. The highest BCUT2D eigenvalue weighted by Crippen LogP contribution is 2.19. The van der Waals surface area contributed by atoms with Gasteiger partial charge in [-0.2, -0.15) is 4.31 Å². The van der Waals surface area contributed by atoms with Crippen molar-refractivity contribution in [2.24, 2.45) is 5.73 Å². The number of nitrogens with one attached hydrogen (secondary N) is 1. The fourth-order valence-electron chi connectivity index (χ4n) is 2.56. The molecule has 3 N–H and O–H groups in total. The van der Waals surface area contributed by atoms with Crippen LogP contribution in [0.5, 0.6) is 5.75 Å². The first-order valence-corrected chi connectivity index (χ1v) is 10.1. The van der Waals surface area contributed by atoms with Crippen LogP contribution in [0.1, 0.15) is 24.2 Å². The largest absolute Gasteiger partial charge is 0.483 e. The van der Waals surface area contributed by atoms with Crippen molar-refractivity contribution in [2.75, 3.05) is 25.0 Å². The Morgan fingerprint density at radius 3 is 2.21 bits per heavy atom. The van der Waals surface area contributed by atoms with Crippen molar-refractivity contribution < 1.29 is 22.7 Å². The predicted molar refractivity (Wildman–Crippen MR) is 106 cm³/mol. The minimum Gasteiger partial charge on any atom is -0.483 e. The van der Waals surface area contributed by atoms with E-state index >= 15 is 0 Å². The number of carbonyl (C=O) groups is 2. The number of hydrogen-bond acceptors (Lipinski definition) is 5. The fraction of sp³-hybridized carbons (Fsp3) is 0.263. The van der Waals surface area contributed by atoms with Gasteiger partial charge in [0.2, 0.25) is 10.0 Å². The lowest BCUT2D eigenvalue weighted by atomic mass is 10.2. The molecule has 150 valence electrons. The molecule has 0 aliphatic rings. The molecule has 0 aromatic heterocycles. The van der Waals surface area contributed by atoms with E-state index in [4.69, 9.17) is 10.5 Å². The lowest BCUT2D eigenvalue weighted by Gasteiger charge is -2.18. The fourth-order valence-corrected chi connectivity index (χ4v) is 4.02. The molecule has 0 saturated heterocycles. The summed E-state index contributed by atoms with van der Waals surface area (Å²) in [6, 6.07) is 12.2. The first-order chi connectivity index (χ1) is 13.3. The highest BCUT2D eigenvalue weighted by atomic mass is 32.2. The van der Waals surface area contributed by atoms with Gasteiger partial charge in [-0.05, 0) is 36.4 Å². The third-order valence-electron chi connectivity index (χ3n) is 3.99. The van der Waals surface area contributed by atoms with E-state index in [1.807, 2.05) is 0 Å². The van der Waals surface area contributed by atoms with Crippen molar-refractivity contribution in [3.8, 4) is 5.75 Å². The maximum atomic E-state index is 12.5. The van der Waals surface area contributed by atoms with Crippen LogP contribution in [0.15, 0.2) is 53.4 Å². The average molecular weight is 405 g/mol. The molecule has 2 amide bonds. The molecule has 8 nitrogen and oxygen atoms in total. The van der Waals surface area contributed by atoms with E-state index in [1.165, 1.54) is 34.6 Å². The van der Waals surface area contributed by atoms with Gasteiger partial charge in [-0.15, -0.1) is 0 Å². The topological polar surface area (TPSA) is 119 Å². The number of para-hydroxylation sites is 1. The summed E-state index contributed by atoms with van der Waals surface area (Å²) < 4.78 is 31.6. The summed E-state index contributed by atoms with van der Waals surface area (Å²) in [6.45, 7) is 3.96. The van der Waals surface area contributed by atoms with E-state index in [2.05, 4.69) is 5.32 Å². The zero-order valence-electron chi connectivity index (χ0n) is 15.7. The van der Waals surface area contributed by atoms with Gasteiger partial charge < -0.3 is 15.8 Å². The van der Waals surface area contributed by atoms with E-state index < -0.39 is 21.8 Å². The van der Waals surface area contributed by atoms with Gasteiger partial charge in [-0.1, -0.05) is 26.0 Å². The summed E-state index contributed by atoms with van der Waals surface area (Å²) in [6.07, 6.45) is 0. The lowest BCUT2D eigenvalue weighted by Crippen LogP contribution is -2.30. The number of sulfonamides is 1. The van der Waals surface area contributed by atoms with E-state index in [-0.39, 0.29) is 22.8 Å². The number of primary amides is 1. The normalized spacial score (nSPS) is 11.2. The Morgan fingerprint density at radius 2 is 1.64 bits per heavy atom. The summed E-state index contributed by atoms with van der Waals surface area (Å²) in [4.78, 5) is 23.6.